The third-order valence-electron chi connectivity index (χ3n) is 4.36. The van der Waals surface area contributed by atoms with Crippen molar-refractivity contribution in [3.05, 3.63) is 59.3 Å². The summed E-state index contributed by atoms with van der Waals surface area (Å²) >= 11 is 0. The molecule has 7 nitrogen and oxygen atoms in total. The first-order valence-electron chi connectivity index (χ1n) is 9.73. The molecule has 0 saturated carbocycles. The Kier molecular flexibility index (Phi) is 6.84. The molecule has 2 heterocycles. The van der Waals surface area contributed by atoms with Crippen molar-refractivity contribution in [3.63, 3.8) is 0 Å². The highest BCUT2D eigenvalue weighted by molar-refractivity contribution is 5.79. The maximum Gasteiger partial charge on any atom is 0.226 e. The third-order valence-corrected chi connectivity index (χ3v) is 4.36. The van der Waals surface area contributed by atoms with Crippen LogP contribution in [0.1, 0.15) is 43.5 Å². The average Bonchev–Trinajstić information content (AvgIpc) is 3.37. The predicted octanol–water partition coefficient (Wildman–Crippen LogP) is 3.71. The second-order valence-electron chi connectivity index (χ2n) is 6.30. The predicted molar refractivity (Wildman–Crippen MR) is 109 cm³/mol. The third kappa shape index (κ3) is 4.79. The lowest BCUT2D eigenvalue weighted by Gasteiger charge is -2.10. The van der Waals surface area contributed by atoms with Crippen LogP contribution in [0.3, 0.4) is 0 Å². The second-order valence-corrected chi connectivity index (χ2v) is 6.30. The molecule has 0 unspecified atom stereocenters. The number of aryl methyl sites for hydroxylation is 2. The number of hydrogen-bond acceptors (Lipinski definition) is 5. The lowest BCUT2D eigenvalue weighted by atomic mass is 10.1. The molecule has 0 aliphatic heterocycles. The molecular weight excluding hydrogens is 354 g/mol. The van der Waals surface area contributed by atoms with Gasteiger partial charge in [-0.05, 0) is 25.5 Å². The Morgan fingerprint density at radius 3 is 2.61 bits per heavy atom. The van der Waals surface area contributed by atoms with Crippen molar-refractivity contribution in [2.24, 2.45) is 4.99 Å². The van der Waals surface area contributed by atoms with Gasteiger partial charge in [0.15, 0.2) is 5.96 Å². The fourth-order valence-corrected chi connectivity index (χ4v) is 2.89. The fourth-order valence-electron chi connectivity index (χ4n) is 2.89. The van der Waals surface area contributed by atoms with E-state index in [0.717, 1.165) is 53.6 Å². The second kappa shape index (κ2) is 9.73. The minimum Gasteiger partial charge on any atom is -0.444 e. The molecule has 1 aromatic carbocycles. The summed E-state index contributed by atoms with van der Waals surface area (Å²) in [6.45, 7) is 7.99. The number of aliphatic imine (C=N–C) groups is 1. The van der Waals surface area contributed by atoms with Crippen LogP contribution >= 0.6 is 0 Å². The molecule has 0 aliphatic rings. The first-order chi connectivity index (χ1) is 13.7. The van der Waals surface area contributed by atoms with Gasteiger partial charge in [0.2, 0.25) is 5.89 Å². The molecule has 28 heavy (non-hydrogen) atoms. The molecule has 0 amide bonds. The topological polar surface area (TPSA) is 88.5 Å². The molecule has 0 spiro atoms. The first kappa shape index (κ1) is 19.7. The molecule has 3 rings (SSSR count). The van der Waals surface area contributed by atoms with E-state index in [4.69, 9.17) is 8.94 Å². The smallest absolute Gasteiger partial charge is 0.226 e. The fraction of sp³-hybridized carbons (Fsp3) is 0.381. The summed E-state index contributed by atoms with van der Waals surface area (Å²) in [4.78, 5) is 9.23. The van der Waals surface area contributed by atoms with E-state index in [-0.39, 0.29) is 0 Å². The number of aromatic nitrogens is 2. The van der Waals surface area contributed by atoms with Crippen LogP contribution in [0.2, 0.25) is 0 Å². The van der Waals surface area contributed by atoms with Gasteiger partial charge in [0.1, 0.15) is 12.0 Å². The van der Waals surface area contributed by atoms with Gasteiger partial charge in [-0.25, -0.2) is 9.98 Å². The zero-order valence-electron chi connectivity index (χ0n) is 16.7. The standard InChI is InChI=1S/C21H27N5O2/c1-4-18-17(19(5-2)28-26-18)13-24-21(22-6-3)23-12-16-14-27-20(25-16)15-10-8-7-9-11-15/h7-11,14H,4-6,12-13H2,1-3H3,(H2,22,23,24). The molecule has 0 aliphatic carbocycles. The largest absolute Gasteiger partial charge is 0.444 e. The van der Waals surface area contributed by atoms with Crippen LogP contribution in [-0.4, -0.2) is 22.6 Å². The molecule has 0 atom stereocenters. The van der Waals surface area contributed by atoms with Crippen LogP contribution < -0.4 is 10.6 Å². The number of hydrogen-bond donors (Lipinski definition) is 2. The normalized spacial score (nSPS) is 11.6. The van der Waals surface area contributed by atoms with E-state index in [2.05, 4.69) is 39.6 Å². The zero-order valence-corrected chi connectivity index (χ0v) is 16.7. The Hall–Kier alpha value is -3.09. The van der Waals surface area contributed by atoms with Gasteiger partial charge >= 0.3 is 0 Å². The van der Waals surface area contributed by atoms with E-state index >= 15 is 0 Å². The Bertz CT molecular complexity index is 877. The summed E-state index contributed by atoms with van der Waals surface area (Å²) in [6.07, 6.45) is 3.31. The summed E-state index contributed by atoms with van der Waals surface area (Å²) < 4.78 is 11.0. The van der Waals surface area contributed by atoms with Crippen LogP contribution in [0.15, 0.2) is 50.5 Å². The monoisotopic (exact) mass is 381 g/mol. The Morgan fingerprint density at radius 1 is 1.07 bits per heavy atom. The molecule has 2 aromatic heterocycles. The Labute approximate surface area is 165 Å². The molecule has 0 saturated heterocycles. The highest BCUT2D eigenvalue weighted by Crippen LogP contribution is 2.18. The van der Waals surface area contributed by atoms with E-state index in [1.165, 1.54) is 0 Å². The number of oxazole rings is 1. The van der Waals surface area contributed by atoms with Gasteiger partial charge < -0.3 is 19.6 Å². The molecule has 0 radical (unpaired) electrons. The van der Waals surface area contributed by atoms with Crippen molar-refractivity contribution in [2.75, 3.05) is 6.54 Å². The van der Waals surface area contributed by atoms with Crippen molar-refractivity contribution in [1.82, 2.24) is 20.8 Å². The summed E-state index contributed by atoms with van der Waals surface area (Å²) in [7, 11) is 0. The molecule has 2 N–H and O–H groups in total. The van der Waals surface area contributed by atoms with Gasteiger partial charge in [-0.2, -0.15) is 0 Å². The van der Waals surface area contributed by atoms with Crippen molar-refractivity contribution in [3.8, 4) is 11.5 Å². The highest BCUT2D eigenvalue weighted by Gasteiger charge is 2.13. The van der Waals surface area contributed by atoms with Crippen LogP contribution in [0.25, 0.3) is 11.5 Å². The Balaban J connectivity index is 1.66. The summed E-state index contributed by atoms with van der Waals surface area (Å²) in [5.74, 6) is 2.24. The number of benzene rings is 1. The summed E-state index contributed by atoms with van der Waals surface area (Å²) in [5.41, 5.74) is 3.83. The van der Waals surface area contributed by atoms with Crippen LogP contribution in [0.5, 0.6) is 0 Å². The zero-order chi connectivity index (χ0) is 19.8. The maximum atomic E-state index is 5.59. The number of nitrogens with one attached hydrogen (secondary N) is 2. The minimum atomic E-state index is 0.521. The molecule has 3 aromatic rings. The number of guanidine groups is 1. The van der Waals surface area contributed by atoms with Crippen LogP contribution in [0.4, 0.5) is 0 Å². The number of nitrogens with zero attached hydrogens (tertiary/aromatic N) is 3. The minimum absolute atomic E-state index is 0.521. The lowest BCUT2D eigenvalue weighted by molar-refractivity contribution is 0.380. The van der Waals surface area contributed by atoms with Crippen molar-refractivity contribution >= 4 is 5.96 Å². The van der Waals surface area contributed by atoms with Gasteiger partial charge in [0.25, 0.3) is 0 Å². The molecular formula is C21H27N5O2. The molecule has 0 bridgehead atoms. The quantitative estimate of drug-likeness (QED) is 0.457. The molecule has 7 heteroatoms. The van der Waals surface area contributed by atoms with E-state index in [1.807, 2.05) is 37.3 Å². The van der Waals surface area contributed by atoms with Gasteiger partial charge in [-0.3, -0.25) is 0 Å². The van der Waals surface area contributed by atoms with Gasteiger partial charge in [-0.15, -0.1) is 0 Å². The van der Waals surface area contributed by atoms with Crippen molar-refractivity contribution < 1.29 is 8.94 Å². The molecule has 148 valence electrons. The SMILES string of the molecule is CCNC(=NCc1c(CC)noc1CC)NCc1coc(-c2ccccc2)n1. The average molecular weight is 381 g/mol. The van der Waals surface area contributed by atoms with Crippen molar-refractivity contribution in [2.45, 2.75) is 46.7 Å². The first-order valence-corrected chi connectivity index (χ1v) is 9.73. The summed E-state index contributed by atoms with van der Waals surface area (Å²) in [5, 5.41) is 10.7. The highest BCUT2D eigenvalue weighted by atomic mass is 16.5. The summed E-state index contributed by atoms with van der Waals surface area (Å²) in [6, 6.07) is 9.85. The van der Waals surface area contributed by atoms with Gasteiger partial charge in [0, 0.05) is 24.1 Å². The van der Waals surface area contributed by atoms with Crippen molar-refractivity contribution in [1.29, 1.82) is 0 Å². The van der Waals surface area contributed by atoms with Gasteiger partial charge in [0.05, 0.1) is 24.5 Å². The van der Waals surface area contributed by atoms with E-state index < -0.39 is 0 Å². The van der Waals surface area contributed by atoms with E-state index in [1.54, 1.807) is 6.26 Å². The van der Waals surface area contributed by atoms with E-state index in [9.17, 15) is 0 Å². The number of rotatable bonds is 8. The van der Waals surface area contributed by atoms with Crippen LogP contribution in [-0.2, 0) is 25.9 Å². The van der Waals surface area contributed by atoms with E-state index in [0.29, 0.717) is 19.0 Å². The maximum absolute atomic E-state index is 5.59. The van der Waals surface area contributed by atoms with Gasteiger partial charge in [-0.1, -0.05) is 37.2 Å². The molecule has 0 fully saturated rings. The Morgan fingerprint density at radius 2 is 1.89 bits per heavy atom. The van der Waals surface area contributed by atoms with Crippen LogP contribution in [0, 0.1) is 0 Å². The lowest BCUT2D eigenvalue weighted by Crippen LogP contribution is -2.36.